The maximum atomic E-state index is 12.6. The zero-order valence-corrected chi connectivity index (χ0v) is 34.6. The summed E-state index contributed by atoms with van der Waals surface area (Å²) in [5.74, 6) is 2.10. The second-order valence-corrected chi connectivity index (χ2v) is 19.1. The molecule has 0 aromatic heterocycles. The third kappa shape index (κ3) is 12.9. The molecule has 0 unspecified atom stereocenters. The van der Waals surface area contributed by atoms with Gasteiger partial charge in [-0.2, -0.15) is 0 Å². The highest BCUT2D eigenvalue weighted by atomic mass is 127. The third-order valence-electron chi connectivity index (χ3n) is 7.34. The van der Waals surface area contributed by atoms with Crippen LogP contribution in [0.15, 0.2) is 197 Å². The molecule has 7 aromatic carbocycles. The maximum absolute atomic E-state index is 12.6. The lowest BCUT2D eigenvalue weighted by Gasteiger charge is -2.11. The van der Waals surface area contributed by atoms with E-state index < -0.39 is 0 Å². The van der Waals surface area contributed by atoms with Gasteiger partial charge in [-0.3, -0.25) is 0 Å². The standard InChI is InChI=1S/C21H21O3S.C12H8F2I.C12H10I/c1-22-16-7-4-10-19(13-16)25(20-11-5-8-17(14-20)23-2)21-12-6-9-18(15-21)24-3;13-9-1-5-11(6-2-9)15-12-7-3-10(14)4-8-12;1-3-7-11(8-4-1)13-12-9-5-2-6-10-12/h4-15H,1-3H3;1-8H;1-10H/q3*+1. The summed E-state index contributed by atoms with van der Waals surface area (Å²) >= 11 is -0.302. The van der Waals surface area contributed by atoms with Gasteiger partial charge in [-0.05, 0) is 109 Å². The van der Waals surface area contributed by atoms with Crippen LogP contribution >= 0.6 is 0 Å². The number of hydrogen-bond donors (Lipinski definition) is 0. The molecule has 0 aliphatic heterocycles. The fourth-order valence-electron chi connectivity index (χ4n) is 4.79. The minimum absolute atomic E-state index is 0.0287. The highest BCUT2D eigenvalue weighted by Gasteiger charge is 2.30. The molecule has 7 rings (SSSR count). The van der Waals surface area contributed by atoms with Crippen molar-refractivity contribution in [2.24, 2.45) is 0 Å². The molecule has 0 saturated carbocycles. The fraction of sp³-hybridized carbons (Fsp3) is 0.0667. The van der Waals surface area contributed by atoms with Crippen molar-refractivity contribution in [3.63, 3.8) is 0 Å². The topological polar surface area (TPSA) is 27.7 Å². The van der Waals surface area contributed by atoms with E-state index in [1.54, 1.807) is 45.6 Å². The van der Waals surface area contributed by atoms with Crippen LogP contribution in [0, 0.1) is 25.9 Å². The molecule has 0 aliphatic rings. The van der Waals surface area contributed by atoms with Crippen LogP contribution in [0.25, 0.3) is 0 Å². The smallest absolute Gasteiger partial charge is 0.357 e. The van der Waals surface area contributed by atoms with Crippen LogP contribution in [0.3, 0.4) is 0 Å². The molecule has 0 amide bonds. The van der Waals surface area contributed by atoms with Gasteiger partial charge in [0.15, 0.2) is 29.0 Å². The third-order valence-corrected chi connectivity index (χ3v) is 14.9. The van der Waals surface area contributed by atoms with E-state index in [1.165, 1.54) is 46.1 Å². The first-order valence-corrected chi connectivity index (χ1v) is 22.1. The van der Waals surface area contributed by atoms with Crippen molar-refractivity contribution in [2.75, 3.05) is 21.3 Å². The number of hydrogen-bond acceptors (Lipinski definition) is 3. The van der Waals surface area contributed by atoms with E-state index in [1.807, 2.05) is 36.4 Å². The summed E-state index contributed by atoms with van der Waals surface area (Å²) in [6.07, 6.45) is 0. The van der Waals surface area contributed by atoms with Crippen molar-refractivity contribution in [3.8, 4) is 17.2 Å². The van der Waals surface area contributed by atoms with Crippen LogP contribution in [-0.2, 0) is 10.9 Å². The molecule has 0 heterocycles. The van der Waals surface area contributed by atoms with Gasteiger partial charge >= 0.3 is 42.4 Å². The Morgan fingerprint density at radius 2 is 0.660 bits per heavy atom. The van der Waals surface area contributed by atoms with Gasteiger partial charge in [0.2, 0.25) is 0 Å². The normalized spacial score (nSPS) is 10.3. The zero-order valence-electron chi connectivity index (χ0n) is 29.5. The van der Waals surface area contributed by atoms with Gasteiger partial charge in [0.1, 0.15) is 28.9 Å². The Kier molecular flexibility index (Phi) is 16.0. The Balaban J connectivity index is 0.000000165. The average molecular weight is 952 g/mol. The van der Waals surface area contributed by atoms with Gasteiger partial charge in [-0.15, -0.1) is 0 Å². The minimum Gasteiger partial charge on any atom is -0.497 e. The molecule has 7 aromatic rings. The Morgan fingerprint density at radius 1 is 0.358 bits per heavy atom. The molecule has 268 valence electrons. The van der Waals surface area contributed by atoms with Crippen molar-refractivity contribution in [3.05, 3.63) is 208 Å². The second kappa shape index (κ2) is 21.3. The lowest BCUT2D eigenvalue weighted by atomic mass is 10.3. The molecule has 0 N–H and O–H groups in total. The maximum Gasteiger partial charge on any atom is 0.357 e. The first-order valence-electron chi connectivity index (χ1n) is 16.5. The Labute approximate surface area is 334 Å². The highest BCUT2D eigenvalue weighted by Crippen LogP contribution is 2.35. The summed E-state index contributed by atoms with van der Waals surface area (Å²) in [5, 5.41) is 0. The van der Waals surface area contributed by atoms with Gasteiger partial charge in [0.25, 0.3) is 0 Å². The summed E-state index contributed by atoms with van der Waals surface area (Å²) in [6.45, 7) is 0. The molecule has 0 spiro atoms. The molecule has 0 atom stereocenters. The minimum atomic E-state index is -0.330. The SMILES string of the molecule is COc1cccc([S+](c2cccc(OC)c2)c2cccc(OC)c2)c1.Fc1ccc([I+]c2ccc(F)cc2)cc1.c1ccc([I+]c2ccccc2)cc1. The van der Waals surface area contributed by atoms with E-state index in [4.69, 9.17) is 14.2 Å². The van der Waals surface area contributed by atoms with E-state index in [9.17, 15) is 8.78 Å². The first kappa shape index (κ1) is 39.8. The van der Waals surface area contributed by atoms with Crippen LogP contribution in [0.4, 0.5) is 8.78 Å². The van der Waals surface area contributed by atoms with Crippen molar-refractivity contribution in [1.29, 1.82) is 0 Å². The monoisotopic (exact) mass is 951 g/mol. The quantitative estimate of drug-likeness (QED) is 0.147. The van der Waals surface area contributed by atoms with Crippen LogP contribution in [0.2, 0.25) is 0 Å². The van der Waals surface area contributed by atoms with Crippen LogP contribution in [0.1, 0.15) is 0 Å². The van der Waals surface area contributed by atoms with E-state index in [0.717, 1.165) is 24.4 Å². The first-order chi connectivity index (χ1) is 25.9. The molecule has 0 saturated heterocycles. The Morgan fingerprint density at radius 3 is 0.962 bits per heavy atom. The summed E-state index contributed by atoms with van der Waals surface area (Å²) in [6, 6.07) is 59.0. The van der Waals surface area contributed by atoms with Gasteiger partial charge in [0, 0.05) is 18.2 Å². The number of benzene rings is 7. The van der Waals surface area contributed by atoms with E-state index in [-0.39, 0.29) is 64.9 Å². The summed E-state index contributed by atoms with van der Waals surface area (Å²) in [7, 11) is 4.78. The average Bonchev–Trinajstić information content (AvgIpc) is 3.21. The second-order valence-electron chi connectivity index (χ2n) is 11.0. The number of halogens is 4. The highest BCUT2D eigenvalue weighted by molar-refractivity contribution is 7.97. The molecule has 53 heavy (non-hydrogen) atoms. The van der Waals surface area contributed by atoms with Crippen LogP contribution < -0.4 is 56.6 Å². The lowest BCUT2D eigenvalue weighted by Crippen LogP contribution is -3.61. The van der Waals surface area contributed by atoms with E-state index in [2.05, 4.69) is 97.1 Å². The van der Waals surface area contributed by atoms with E-state index in [0.29, 0.717) is 0 Å². The van der Waals surface area contributed by atoms with Crippen molar-refractivity contribution in [1.82, 2.24) is 0 Å². The molecule has 0 aliphatic carbocycles. The van der Waals surface area contributed by atoms with Gasteiger partial charge in [0.05, 0.1) is 32.2 Å². The predicted molar refractivity (Wildman–Crippen MR) is 202 cm³/mol. The van der Waals surface area contributed by atoms with Gasteiger partial charge in [-0.1, -0.05) is 54.6 Å². The predicted octanol–water partition coefficient (Wildman–Crippen LogP) is 4.72. The Bertz CT molecular complexity index is 1920. The summed E-state index contributed by atoms with van der Waals surface area (Å²) in [5.41, 5.74) is 0. The Hall–Kier alpha value is -4.39. The molecule has 0 fully saturated rings. The molecule has 3 nitrogen and oxygen atoms in total. The largest absolute Gasteiger partial charge is 0.497 e. The van der Waals surface area contributed by atoms with Crippen molar-refractivity contribution >= 4 is 10.9 Å². The number of ether oxygens (including phenoxy) is 3. The molecule has 8 heteroatoms. The number of rotatable bonds is 10. The molecule has 0 bridgehead atoms. The summed E-state index contributed by atoms with van der Waals surface area (Å²) < 4.78 is 46.8. The lowest BCUT2D eigenvalue weighted by molar-refractivity contribution is -0.597. The van der Waals surface area contributed by atoms with Crippen molar-refractivity contribution < 1.29 is 65.4 Å². The van der Waals surface area contributed by atoms with E-state index >= 15 is 0 Å². The van der Waals surface area contributed by atoms with Gasteiger partial charge < -0.3 is 14.2 Å². The van der Waals surface area contributed by atoms with Crippen LogP contribution in [-0.4, -0.2) is 21.3 Å². The molecular formula is C45H39F2I2O3S+3. The van der Waals surface area contributed by atoms with Gasteiger partial charge in [-0.25, -0.2) is 8.78 Å². The molecule has 0 radical (unpaired) electrons. The summed E-state index contributed by atoms with van der Waals surface area (Å²) in [4.78, 5) is 3.54. The van der Waals surface area contributed by atoms with Crippen LogP contribution in [0.5, 0.6) is 17.2 Å². The molecular weight excluding hydrogens is 912 g/mol. The van der Waals surface area contributed by atoms with Crippen molar-refractivity contribution in [2.45, 2.75) is 14.7 Å². The number of methoxy groups -OCH3 is 3. The fourth-order valence-corrected chi connectivity index (χ4v) is 11.4. The zero-order chi connectivity index (χ0) is 37.3.